The van der Waals surface area contributed by atoms with E-state index in [0.29, 0.717) is 0 Å². The van der Waals surface area contributed by atoms with E-state index in [1.165, 1.54) is 14.2 Å². The summed E-state index contributed by atoms with van der Waals surface area (Å²) < 4.78 is 8.42. The summed E-state index contributed by atoms with van der Waals surface area (Å²) in [5.41, 5.74) is 4.06. The van der Waals surface area contributed by atoms with Gasteiger partial charge in [-0.1, -0.05) is 24.3 Å². The maximum atomic E-state index is 10.3. The standard InChI is InChI=1S/C14H12N2.C6H8O4.ClH.Pt/c1-9-3-5-11-7-8-12-6-4-10(2)16-14(12)13(11)15-9;1-9-5(7)3-4-6(8)10-2;;/h3-8H,1-2H3;3-4H,1-2H3;1H;/q;;;+1/p-1. The van der Waals surface area contributed by atoms with Gasteiger partial charge in [0.05, 0.1) is 38.1 Å². The van der Waals surface area contributed by atoms with Crippen LogP contribution in [0.2, 0.25) is 0 Å². The molecule has 28 heavy (non-hydrogen) atoms. The first-order valence-electron chi connectivity index (χ1n) is 8.04. The van der Waals surface area contributed by atoms with Crippen LogP contribution in [-0.4, -0.2) is 36.1 Å². The molecule has 151 valence electrons. The fourth-order valence-electron chi connectivity index (χ4n) is 2.24. The first-order chi connectivity index (χ1) is 13.4. The van der Waals surface area contributed by atoms with E-state index < -0.39 is 11.9 Å². The van der Waals surface area contributed by atoms with Crippen LogP contribution in [0.15, 0.2) is 36.4 Å². The first kappa shape index (κ1) is 24.0. The van der Waals surface area contributed by atoms with Crippen molar-refractivity contribution < 1.29 is 37.8 Å². The van der Waals surface area contributed by atoms with Crippen LogP contribution in [0.3, 0.4) is 0 Å². The van der Waals surface area contributed by atoms with Crippen molar-refractivity contribution in [1.29, 1.82) is 0 Å². The Balaban J connectivity index is 0.000000285. The van der Waals surface area contributed by atoms with E-state index in [9.17, 15) is 9.59 Å². The van der Waals surface area contributed by atoms with Crippen LogP contribution in [0.4, 0.5) is 0 Å². The molecule has 0 aliphatic rings. The number of hydrogen-bond acceptors (Lipinski definition) is 6. The van der Waals surface area contributed by atoms with Gasteiger partial charge in [0.1, 0.15) is 0 Å². The van der Waals surface area contributed by atoms with Crippen molar-refractivity contribution in [3.05, 3.63) is 60.6 Å². The van der Waals surface area contributed by atoms with Gasteiger partial charge in [0.2, 0.25) is 0 Å². The Hall–Kier alpha value is -2.04. The van der Waals surface area contributed by atoms with E-state index in [0.717, 1.165) is 46.0 Å². The average molecular weight is 583 g/mol. The number of carbonyl (C=O) groups is 2. The monoisotopic (exact) mass is 582 g/mol. The summed E-state index contributed by atoms with van der Waals surface area (Å²) in [4.78, 5) is 29.8. The zero-order valence-corrected chi connectivity index (χ0v) is 18.9. The van der Waals surface area contributed by atoms with Crippen LogP contribution in [-0.2, 0) is 37.8 Å². The van der Waals surface area contributed by atoms with Gasteiger partial charge in [-0.25, -0.2) is 0 Å². The van der Waals surface area contributed by atoms with Gasteiger partial charge >= 0.3 is 40.1 Å². The van der Waals surface area contributed by atoms with E-state index in [1.54, 1.807) is 18.8 Å². The molecule has 1 aromatic carbocycles. The number of benzene rings is 1. The Morgan fingerprint density at radius 2 is 1.11 bits per heavy atom. The minimum atomic E-state index is -0.578. The molecule has 2 heterocycles. The first-order valence-corrected chi connectivity index (χ1v) is 10.9. The maximum absolute atomic E-state index is 10.3. The van der Waals surface area contributed by atoms with Crippen molar-refractivity contribution in [2.45, 2.75) is 13.8 Å². The van der Waals surface area contributed by atoms with Gasteiger partial charge < -0.3 is 9.47 Å². The number of ether oxygens (including phenoxy) is 2. The van der Waals surface area contributed by atoms with E-state index in [4.69, 9.17) is 0 Å². The third-order valence-electron chi connectivity index (χ3n) is 3.56. The number of esters is 2. The van der Waals surface area contributed by atoms with Crippen molar-refractivity contribution in [2.24, 2.45) is 0 Å². The Kier molecular flexibility index (Phi) is 10.6. The third-order valence-corrected chi connectivity index (χ3v) is 3.56. The zero-order valence-electron chi connectivity index (χ0n) is 15.8. The molecule has 0 amide bonds. The van der Waals surface area contributed by atoms with Crippen molar-refractivity contribution in [1.82, 2.24) is 9.97 Å². The van der Waals surface area contributed by atoms with Gasteiger partial charge in [0, 0.05) is 22.2 Å². The second kappa shape index (κ2) is 12.4. The molecule has 0 N–H and O–H groups in total. The van der Waals surface area contributed by atoms with Crippen LogP contribution < -0.4 is 0 Å². The van der Waals surface area contributed by atoms with Gasteiger partial charge in [0.15, 0.2) is 0 Å². The van der Waals surface area contributed by atoms with E-state index >= 15 is 0 Å². The topological polar surface area (TPSA) is 78.4 Å². The van der Waals surface area contributed by atoms with E-state index in [2.05, 4.69) is 53.1 Å². The van der Waals surface area contributed by atoms with Gasteiger partial charge in [0.25, 0.3) is 0 Å². The number of aromatic nitrogens is 2. The second-order valence-electron chi connectivity index (χ2n) is 5.49. The molecule has 0 spiro atoms. The molecular weight excluding hydrogens is 563 g/mol. The summed E-state index contributed by atoms with van der Waals surface area (Å²) in [7, 11) is 7.06. The molecule has 2 aromatic heterocycles. The number of halogens is 1. The van der Waals surface area contributed by atoms with Crippen LogP contribution >= 0.6 is 9.42 Å². The Morgan fingerprint density at radius 1 is 0.786 bits per heavy atom. The Bertz CT molecular complexity index is 873. The molecule has 0 aliphatic carbocycles. The summed E-state index contributed by atoms with van der Waals surface area (Å²) in [6.45, 7) is 4.02. The molecule has 0 saturated heterocycles. The van der Waals surface area contributed by atoms with E-state index in [1.807, 2.05) is 26.0 Å². The molecule has 0 aliphatic heterocycles. The number of aryl methyl sites for hydroxylation is 2. The molecule has 3 rings (SSSR count). The van der Waals surface area contributed by atoms with Crippen molar-refractivity contribution in [3.8, 4) is 0 Å². The number of carbonyl (C=O) groups excluding carboxylic acids is 2. The molecule has 0 saturated carbocycles. The predicted octanol–water partition coefficient (Wildman–Crippen LogP) is 3.83. The quantitative estimate of drug-likeness (QED) is 0.345. The second-order valence-corrected chi connectivity index (χ2v) is 5.49. The van der Waals surface area contributed by atoms with Crippen molar-refractivity contribution in [2.75, 3.05) is 14.2 Å². The fraction of sp³-hybridized carbons (Fsp3) is 0.200. The van der Waals surface area contributed by atoms with E-state index in [-0.39, 0.29) is 0 Å². The molecule has 0 bridgehead atoms. The zero-order chi connectivity index (χ0) is 21.1. The molecule has 6 nitrogen and oxygen atoms in total. The summed E-state index contributed by atoms with van der Waals surface area (Å²) in [5, 5.41) is 2.30. The van der Waals surface area contributed by atoms with Crippen molar-refractivity contribution in [3.63, 3.8) is 0 Å². The minimum absolute atomic E-state index is 0.578. The van der Waals surface area contributed by atoms with Crippen LogP contribution in [0.1, 0.15) is 11.4 Å². The third kappa shape index (κ3) is 7.17. The number of hydrogen-bond donors (Lipinski definition) is 0. The summed E-state index contributed by atoms with van der Waals surface area (Å²) in [5.74, 6) is -1.16. The molecule has 2 radical (unpaired) electrons. The molecular formula is C20H20ClN2O4Pt. The molecule has 8 heteroatoms. The number of methoxy groups -OCH3 is 2. The van der Waals surface area contributed by atoms with Gasteiger partial charge in [-0.3, -0.25) is 19.6 Å². The summed E-state index contributed by atoms with van der Waals surface area (Å²) in [6, 6.07) is 12.5. The predicted molar refractivity (Wildman–Crippen MR) is 105 cm³/mol. The molecule has 0 fully saturated rings. The van der Waals surface area contributed by atoms with Crippen molar-refractivity contribution >= 4 is 43.2 Å². The molecule has 0 atom stereocenters. The number of rotatable bonds is 3. The number of nitrogens with zero attached hydrogens (tertiary/aromatic N) is 2. The summed E-state index contributed by atoms with van der Waals surface area (Å²) in [6.07, 6.45) is 1.98. The van der Waals surface area contributed by atoms with Crippen LogP contribution in [0, 0.1) is 26.7 Å². The van der Waals surface area contributed by atoms with Crippen LogP contribution in [0.25, 0.3) is 21.8 Å². The SMILES string of the molecule is COC(=O)[CH][CH]C(=O)OC.Cc1ccc2ccc3ccc(C)nc3c2n1.[Cl][Pt]. The van der Waals surface area contributed by atoms with Crippen LogP contribution in [0.5, 0.6) is 0 Å². The van der Waals surface area contributed by atoms with Gasteiger partial charge in [-0.05, 0) is 26.0 Å². The number of fused-ring (bicyclic) bond motifs is 3. The average Bonchev–Trinajstić information content (AvgIpc) is 2.73. The molecule has 0 unspecified atom stereocenters. The Labute approximate surface area is 179 Å². The molecule has 3 aromatic rings. The summed E-state index contributed by atoms with van der Waals surface area (Å²) >= 11 is 1.61. The van der Waals surface area contributed by atoms with Gasteiger partial charge in [-0.2, -0.15) is 0 Å². The Morgan fingerprint density at radius 3 is 1.43 bits per heavy atom. The van der Waals surface area contributed by atoms with Gasteiger partial charge in [-0.15, -0.1) is 0 Å². The number of pyridine rings is 2. The normalized spacial score (nSPS) is 9.68. The fourth-order valence-corrected chi connectivity index (χ4v) is 2.24.